The summed E-state index contributed by atoms with van der Waals surface area (Å²) in [6.07, 6.45) is 0. The molecule has 0 radical (unpaired) electrons. The molecule has 0 saturated heterocycles. The van der Waals surface area contributed by atoms with Gasteiger partial charge in [-0.2, -0.15) is 0 Å². The number of aryl methyl sites for hydroxylation is 2. The second-order valence-electron chi connectivity index (χ2n) is 7.52. The maximum atomic E-state index is 5.95. The van der Waals surface area contributed by atoms with Crippen LogP contribution in [0.1, 0.15) is 22.3 Å². The van der Waals surface area contributed by atoms with Crippen molar-refractivity contribution in [1.82, 2.24) is 0 Å². The first kappa shape index (κ1) is 20.7. The van der Waals surface area contributed by atoms with Crippen LogP contribution in [0.3, 0.4) is 0 Å². The zero-order valence-corrected chi connectivity index (χ0v) is 17.9. The van der Waals surface area contributed by atoms with E-state index in [2.05, 4.69) is 0 Å². The minimum absolute atomic E-state index is 0.548. The van der Waals surface area contributed by atoms with E-state index in [1.54, 1.807) is 0 Å². The molecule has 0 aliphatic carbocycles. The van der Waals surface area contributed by atoms with Gasteiger partial charge in [0, 0.05) is 0 Å². The molecule has 0 amide bonds. The molecule has 3 nitrogen and oxygen atoms in total. The number of ether oxygens (including phenoxy) is 3. The molecule has 0 bridgehead atoms. The molecule has 0 aliphatic rings. The SMILES string of the molecule is Cc1ccccc1Oc1ccc(COCc2ccc(Oc3ccccc3C)cc2)cc1. The molecule has 0 aliphatic heterocycles. The average molecular weight is 411 g/mol. The van der Waals surface area contributed by atoms with Gasteiger partial charge in [0.2, 0.25) is 0 Å². The van der Waals surface area contributed by atoms with Crippen LogP contribution in [-0.4, -0.2) is 0 Å². The molecule has 4 aromatic carbocycles. The highest BCUT2D eigenvalue weighted by Crippen LogP contribution is 2.26. The number of benzene rings is 4. The van der Waals surface area contributed by atoms with E-state index in [1.165, 1.54) is 0 Å². The lowest BCUT2D eigenvalue weighted by Crippen LogP contribution is -1.95. The molecule has 4 rings (SSSR count). The summed E-state index contributed by atoms with van der Waals surface area (Å²) in [6, 6.07) is 32.0. The molecule has 156 valence electrons. The van der Waals surface area contributed by atoms with Gasteiger partial charge < -0.3 is 14.2 Å². The van der Waals surface area contributed by atoms with E-state index in [1.807, 2.05) is 111 Å². The van der Waals surface area contributed by atoms with Gasteiger partial charge in [-0.1, -0.05) is 60.7 Å². The van der Waals surface area contributed by atoms with Crippen LogP contribution >= 0.6 is 0 Å². The fourth-order valence-corrected chi connectivity index (χ4v) is 3.19. The predicted octanol–water partition coefficient (Wildman–Crippen LogP) is 7.60. The highest BCUT2D eigenvalue weighted by Gasteiger charge is 2.03. The van der Waals surface area contributed by atoms with Gasteiger partial charge in [-0.15, -0.1) is 0 Å². The molecular formula is C28H26O3. The molecule has 31 heavy (non-hydrogen) atoms. The molecule has 0 aromatic heterocycles. The normalized spacial score (nSPS) is 10.6. The van der Waals surface area contributed by atoms with Crippen LogP contribution in [0.2, 0.25) is 0 Å². The summed E-state index contributed by atoms with van der Waals surface area (Å²) < 4.78 is 17.8. The summed E-state index contributed by atoms with van der Waals surface area (Å²) in [4.78, 5) is 0. The van der Waals surface area contributed by atoms with E-state index in [0.717, 1.165) is 45.3 Å². The fourth-order valence-electron chi connectivity index (χ4n) is 3.19. The van der Waals surface area contributed by atoms with Crippen molar-refractivity contribution in [1.29, 1.82) is 0 Å². The molecular weight excluding hydrogens is 384 g/mol. The van der Waals surface area contributed by atoms with Crippen molar-refractivity contribution in [3.05, 3.63) is 119 Å². The topological polar surface area (TPSA) is 27.7 Å². The van der Waals surface area contributed by atoms with E-state index < -0.39 is 0 Å². The van der Waals surface area contributed by atoms with Gasteiger partial charge in [0.05, 0.1) is 13.2 Å². The van der Waals surface area contributed by atoms with Crippen molar-refractivity contribution in [3.63, 3.8) is 0 Å². The summed E-state index contributed by atoms with van der Waals surface area (Å²) in [5.74, 6) is 3.40. The van der Waals surface area contributed by atoms with Crippen LogP contribution in [-0.2, 0) is 18.0 Å². The van der Waals surface area contributed by atoms with Gasteiger partial charge >= 0.3 is 0 Å². The Morgan fingerprint density at radius 1 is 0.484 bits per heavy atom. The second-order valence-corrected chi connectivity index (χ2v) is 7.52. The molecule has 3 heteroatoms. The van der Waals surface area contributed by atoms with Crippen molar-refractivity contribution in [3.8, 4) is 23.0 Å². The Kier molecular flexibility index (Phi) is 6.65. The van der Waals surface area contributed by atoms with Crippen LogP contribution in [0, 0.1) is 13.8 Å². The highest BCUT2D eigenvalue weighted by atomic mass is 16.5. The quantitative estimate of drug-likeness (QED) is 0.299. The van der Waals surface area contributed by atoms with Crippen LogP contribution in [0.15, 0.2) is 97.1 Å². The first-order valence-corrected chi connectivity index (χ1v) is 10.4. The lowest BCUT2D eigenvalue weighted by Gasteiger charge is -2.10. The third-order valence-corrected chi connectivity index (χ3v) is 5.03. The van der Waals surface area contributed by atoms with Gasteiger partial charge in [-0.25, -0.2) is 0 Å². The lowest BCUT2D eigenvalue weighted by molar-refractivity contribution is 0.107. The maximum absolute atomic E-state index is 5.95. The van der Waals surface area contributed by atoms with Crippen molar-refractivity contribution in [2.75, 3.05) is 0 Å². The Labute approximate surface area is 183 Å². The Hall–Kier alpha value is -3.56. The highest BCUT2D eigenvalue weighted by molar-refractivity contribution is 5.38. The Morgan fingerprint density at radius 3 is 1.26 bits per heavy atom. The first-order chi connectivity index (χ1) is 15.2. The van der Waals surface area contributed by atoms with Gasteiger partial charge in [0.15, 0.2) is 0 Å². The smallest absolute Gasteiger partial charge is 0.130 e. The van der Waals surface area contributed by atoms with E-state index in [4.69, 9.17) is 14.2 Å². The lowest BCUT2D eigenvalue weighted by atomic mass is 10.2. The van der Waals surface area contributed by atoms with Crippen LogP contribution in [0.5, 0.6) is 23.0 Å². The fraction of sp³-hybridized carbons (Fsp3) is 0.143. The molecule has 0 atom stereocenters. The van der Waals surface area contributed by atoms with E-state index in [0.29, 0.717) is 13.2 Å². The molecule has 0 fully saturated rings. The molecule has 0 spiro atoms. The number of rotatable bonds is 8. The zero-order valence-electron chi connectivity index (χ0n) is 17.9. The second kappa shape index (κ2) is 9.96. The van der Waals surface area contributed by atoms with Crippen molar-refractivity contribution >= 4 is 0 Å². The van der Waals surface area contributed by atoms with Crippen molar-refractivity contribution in [2.45, 2.75) is 27.1 Å². The van der Waals surface area contributed by atoms with Crippen LogP contribution in [0.25, 0.3) is 0 Å². The zero-order chi connectivity index (χ0) is 21.5. The van der Waals surface area contributed by atoms with E-state index in [-0.39, 0.29) is 0 Å². The van der Waals surface area contributed by atoms with Gasteiger partial charge in [-0.3, -0.25) is 0 Å². The summed E-state index contributed by atoms with van der Waals surface area (Å²) in [5, 5.41) is 0. The summed E-state index contributed by atoms with van der Waals surface area (Å²) in [5.41, 5.74) is 4.45. The third-order valence-electron chi connectivity index (χ3n) is 5.03. The molecule has 0 saturated carbocycles. The van der Waals surface area contributed by atoms with E-state index >= 15 is 0 Å². The Morgan fingerprint density at radius 2 is 0.871 bits per heavy atom. The molecule has 0 unspecified atom stereocenters. The van der Waals surface area contributed by atoms with Crippen LogP contribution in [0.4, 0.5) is 0 Å². The van der Waals surface area contributed by atoms with Gasteiger partial charge in [-0.05, 0) is 72.5 Å². The largest absolute Gasteiger partial charge is 0.457 e. The number of para-hydroxylation sites is 2. The maximum Gasteiger partial charge on any atom is 0.130 e. The number of hydrogen-bond donors (Lipinski definition) is 0. The summed E-state index contributed by atoms with van der Waals surface area (Å²) >= 11 is 0. The summed E-state index contributed by atoms with van der Waals surface area (Å²) in [7, 11) is 0. The molecule has 0 heterocycles. The van der Waals surface area contributed by atoms with Gasteiger partial charge in [0.1, 0.15) is 23.0 Å². The predicted molar refractivity (Wildman–Crippen MR) is 124 cm³/mol. The average Bonchev–Trinajstić information content (AvgIpc) is 2.79. The Bertz CT molecular complexity index is 1020. The minimum atomic E-state index is 0.548. The van der Waals surface area contributed by atoms with E-state index in [9.17, 15) is 0 Å². The monoisotopic (exact) mass is 410 g/mol. The van der Waals surface area contributed by atoms with Crippen LogP contribution < -0.4 is 9.47 Å². The standard InChI is InChI=1S/C28H26O3/c1-21-7-3-5-9-27(21)30-25-15-11-23(12-16-25)19-29-20-24-13-17-26(18-14-24)31-28-10-6-4-8-22(28)2/h3-18H,19-20H2,1-2H3. The third kappa shape index (κ3) is 5.74. The Balaban J connectivity index is 1.26. The summed E-state index contributed by atoms with van der Waals surface area (Å²) in [6.45, 7) is 5.18. The van der Waals surface area contributed by atoms with Gasteiger partial charge in [0.25, 0.3) is 0 Å². The van der Waals surface area contributed by atoms with Crippen molar-refractivity contribution in [2.24, 2.45) is 0 Å². The first-order valence-electron chi connectivity index (χ1n) is 10.4. The molecule has 0 N–H and O–H groups in total. The number of hydrogen-bond acceptors (Lipinski definition) is 3. The minimum Gasteiger partial charge on any atom is -0.457 e. The molecule has 4 aromatic rings. The van der Waals surface area contributed by atoms with Crippen molar-refractivity contribution < 1.29 is 14.2 Å².